The molecule has 0 aliphatic carbocycles. The van der Waals surface area contributed by atoms with E-state index in [1.54, 1.807) is 19.2 Å². The normalized spacial score (nSPS) is 17.0. The van der Waals surface area contributed by atoms with Crippen molar-refractivity contribution in [1.29, 1.82) is 0 Å². The van der Waals surface area contributed by atoms with E-state index in [1.165, 1.54) is 12.1 Å². The minimum atomic E-state index is -0.279. The smallest absolute Gasteiger partial charge is 0.225 e. The van der Waals surface area contributed by atoms with Gasteiger partial charge in [-0.2, -0.15) is 0 Å². The van der Waals surface area contributed by atoms with Crippen molar-refractivity contribution in [1.82, 2.24) is 10.6 Å². The Bertz CT molecular complexity index is 404. The van der Waals surface area contributed by atoms with Gasteiger partial charge in [-0.3, -0.25) is 4.79 Å². The van der Waals surface area contributed by atoms with Crippen molar-refractivity contribution in [2.45, 2.75) is 6.10 Å². The van der Waals surface area contributed by atoms with Crippen LogP contribution in [0, 0.1) is 11.7 Å². The molecule has 4 nitrogen and oxygen atoms in total. The summed E-state index contributed by atoms with van der Waals surface area (Å²) in [5.74, 6) is -0.174. The van der Waals surface area contributed by atoms with Crippen molar-refractivity contribution < 1.29 is 13.9 Å². The molecular formula is C13H17FN2O2. The second kappa shape index (κ2) is 5.93. The molecule has 1 atom stereocenters. The molecule has 2 rings (SSSR count). The SMILES string of the molecule is COC(CNC(=O)C1CNC1)c1ccc(F)cc1. The molecule has 1 heterocycles. The largest absolute Gasteiger partial charge is 0.375 e. The van der Waals surface area contributed by atoms with Crippen molar-refractivity contribution in [3.63, 3.8) is 0 Å². The number of ether oxygens (including phenoxy) is 1. The molecule has 1 saturated heterocycles. The zero-order valence-corrected chi connectivity index (χ0v) is 10.3. The molecule has 1 aromatic carbocycles. The zero-order chi connectivity index (χ0) is 13.0. The fourth-order valence-corrected chi connectivity index (χ4v) is 1.83. The lowest BCUT2D eigenvalue weighted by Crippen LogP contribution is -2.51. The van der Waals surface area contributed by atoms with E-state index in [0.717, 1.165) is 18.7 Å². The summed E-state index contributed by atoms with van der Waals surface area (Å²) in [4.78, 5) is 11.7. The van der Waals surface area contributed by atoms with E-state index in [-0.39, 0.29) is 23.7 Å². The molecule has 5 heteroatoms. The number of benzene rings is 1. The lowest BCUT2D eigenvalue weighted by molar-refractivity contribution is -0.127. The monoisotopic (exact) mass is 252 g/mol. The van der Waals surface area contributed by atoms with Gasteiger partial charge in [-0.05, 0) is 17.7 Å². The molecule has 0 aromatic heterocycles. The van der Waals surface area contributed by atoms with Gasteiger partial charge in [0.2, 0.25) is 5.91 Å². The molecule has 2 N–H and O–H groups in total. The van der Waals surface area contributed by atoms with Crippen LogP contribution in [-0.2, 0) is 9.53 Å². The number of halogens is 1. The molecule has 1 unspecified atom stereocenters. The van der Waals surface area contributed by atoms with Crippen LogP contribution in [-0.4, -0.2) is 32.7 Å². The van der Waals surface area contributed by atoms with E-state index in [0.29, 0.717) is 6.54 Å². The first-order chi connectivity index (χ1) is 8.70. The average molecular weight is 252 g/mol. The van der Waals surface area contributed by atoms with Gasteiger partial charge in [-0.25, -0.2) is 4.39 Å². The van der Waals surface area contributed by atoms with Crippen LogP contribution in [0.2, 0.25) is 0 Å². The fraction of sp³-hybridized carbons (Fsp3) is 0.462. The molecular weight excluding hydrogens is 235 g/mol. The minimum absolute atomic E-state index is 0.0397. The molecule has 0 bridgehead atoms. The Labute approximate surface area is 106 Å². The molecule has 1 amide bonds. The van der Waals surface area contributed by atoms with Gasteiger partial charge in [0.1, 0.15) is 5.82 Å². The van der Waals surface area contributed by atoms with Crippen molar-refractivity contribution in [3.05, 3.63) is 35.6 Å². The number of methoxy groups -OCH3 is 1. The van der Waals surface area contributed by atoms with Gasteiger partial charge in [0.05, 0.1) is 12.0 Å². The third-order valence-electron chi connectivity index (χ3n) is 3.14. The van der Waals surface area contributed by atoms with Crippen LogP contribution in [0.4, 0.5) is 4.39 Å². The Balaban J connectivity index is 1.88. The van der Waals surface area contributed by atoms with Gasteiger partial charge in [0.15, 0.2) is 0 Å². The predicted molar refractivity (Wildman–Crippen MR) is 65.5 cm³/mol. The maximum Gasteiger partial charge on any atom is 0.225 e. The molecule has 18 heavy (non-hydrogen) atoms. The van der Waals surface area contributed by atoms with Crippen molar-refractivity contribution in [2.24, 2.45) is 5.92 Å². The standard InChI is InChI=1S/C13H17FN2O2/c1-18-12(9-2-4-11(14)5-3-9)8-16-13(17)10-6-15-7-10/h2-5,10,12,15H,6-8H2,1H3,(H,16,17). The third-order valence-corrected chi connectivity index (χ3v) is 3.14. The summed E-state index contributed by atoms with van der Waals surface area (Å²) in [6.45, 7) is 1.87. The van der Waals surface area contributed by atoms with Gasteiger partial charge in [-0.15, -0.1) is 0 Å². The second-order valence-electron chi connectivity index (χ2n) is 4.38. The first kappa shape index (κ1) is 13.0. The Morgan fingerprint density at radius 1 is 1.50 bits per heavy atom. The number of nitrogens with one attached hydrogen (secondary N) is 2. The van der Waals surface area contributed by atoms with Crippen LogP contribution in [0.25, 0.3) is 0 Å². The number of carbonyl (C=O) groups is 1. The first-order valence-electron chi connectivity index (χ1n) is 5.97. The summed E-state index contributed by atoms with van der Waals surface area (Å²) in [6.07, 6.45) is -0.248. The van der Waals surface area contributed by atoms with Gasteiger partial charge in [0.25, 0.3) is 0 Å². The highest BCUT2D eigenvalue weighted by molar-refractivity contribution is 5.80. The lowest BCUT2D eigenvalue weighted by atomic mass is 10.0. The summed E-state index contributed by atoms with van der Waals surface area (Å²) in [7, 11) is 1.57. The first-order valence-corrected chi connectivity index (χ1v) is 5.97. The van der Waals surface area contributed by atoms with Crippen molar-refractivity contribution in [3.8, 4) is 0 Å². The van der Waals surface area contributed by atoms with Crippen LogP contribution < -0.4 is 10.6 Å². The zero-order valence-electron chi connectivity index (χ0n) is 10.3. The molecule has 1 aromatic rings. The number of carbonyl (C=O) groups excluding carboxylic acids is 1. The quantitative estimate of drug-likeness (QED) is 0.817. The summed E-state index contributed by atoms with van der Waals surface area (Å²) >= 11 is 0. The molecule has 0 saturated carbocycles. The van der Waals surface area contributed by atoms with E-state index < -0.39 is 0 Å². The maximum atomic E-state index is 12.8. The number of hydrogen-bond donors (Lipinski definition) is 2. The van der Waals surface area contributed by atoms with Crippen LogP contribution in [0.3, 0.4) is 0 Å². The van der Waals surface area contributed by atoms with Crippen LogP contribution >= 0.6 is 0 Å². The van der Waals surface area contributed by atoms with E-state index in [2.05, 4.69) is 10.6 Å². The van der Waals surface area contributed by atoms with E-state index >= 15 is 0 Å². The van der Waals surface area contributed by atoms with Crippen LogP contribution in [0.1, 0.15) is 11.7 Å². The summed E-state index contributed by atoms with van der Waals surface area (Å²) < 4.78 is 18.1. The highest BCUT2D eigenvalue weighted by Crippen LogP contribution is 2.16. The Hall–Kier alpha value is -1.46. The number of hydrogen-bond acceptors (Lipinski definition) is 3. The predicted octanol–water partition coefficient (Wildman–Crippen LogP) is 0.849. The van der Waals surface area contributed by atoms with Gasteiger partial charge in [-0.1, -0.05) is 12.1 Å². The van der Waals surface area contributed by atoms with Crippen LogP contribution in [0.5, 0.6) is 0 Å². The van der Waals surface area contributed by atoms with Gasteiger partial charge >= 0.3 is 0 Å². The summed E-state index contributed by atoms with van der Waals surface area (Å²) in [5.41, 5.74) is 0.853. The Kier molecular flexibility index (Phi) is 4.28. The fourth-order valence-electron chi connectivity index (χ4n) is 1.83. The summed E-state index contributed by atoms with van der Waals surface area (Å²) in [6, 6.07) is 6.11. The van der Waals surface area contributed by atoms with Crippen molar-refractivity contribution in [2.75, 3.05) is 26.7 Å². The summed E-state index contributed by atoms with van der Waals surface area (Å²) in [5, 5.41) is 5.90. The third kappa shape index (κ3) is 3.05. The van der Waals surface area contributed by atoms with Gasteiger partial charge < -0.3 is 15.4 Å². The molecule has 0 radical (unpaired) electrons. The highest BCUT2D eigenvalue weighted by Gasteiger charge is 2.25. The second-order valence-corrected chi connectivity index (χ2v) is 4.38. The van der Waals surface area contributed by atoms with E-state index in [9.17, 15) is 9.18 Å². The Morgan fingerprint density at radius 3 is 2.67 bits per heavy atom. The average Bonchev–Trinajstić information content (AvgIpc) is 2.30. The molecule has 1 aliphatic rings. The highest BCUT2D eigenvalue weighted by atomic mass is 19.1. The van der Waals surface area contributed by atoms with Crippen molar-refractivity contribution >= 4 is 5.91 Å². The van der Waals surface area contributed by atoms with E-state index in [1.807, 2.05) is 0 Å². The lowest BCUT2D eigenvalue weighted by Gasteiger charge is -2.26. The molecule has 1 fully saturated rings. The molecule has 0 spiro atoms. The number of amides is 1. The maximum absolute atomic E-state index is 12.8. The van der Waals surface area contributed by atoms with E-state index in [4.69, 9.17) is 4.74 Å². The molecule has 98 valence electrons. The topological polar surface area (TPSA) is 50.4 Å². The number of rotatable bonds is 5. The Morgan fingerprint density at radius 2 is 2.17 bits per heavy atom. The van der Waals surface area contributed by atoms with Crippen LogP contribution in [0.15, 0.2) is 24.3 Å². The van der Waals surface area contributed by atoms with Gasteiger partial charge in [0, 0.05) is 26.7 Å². The minimum Gasteiger partial charge on any atom is -0.375 e. The molecule has 1 aliphatic heterocycles.